The molecule has 0 saturated heterocycles. The molecule has 314 valence electrons. The zero-order valence-electron chi connectivity index (χ0n) is 34.2. The van der Waals surface area contributed by atoms with Crippen molar-refractivity contribution >= 4 is 69.1 Å². The molecule has 0 unspecified atom stereocenters. The standard InChI is InChI=1S/C21H22F2N6O3.C21H26N6O/c1-10-5-11(10)6-17(30)26-13-9-25-29-16(24-2)8-15(28-21(13)29)27-19-18(23)12(22)7-14-20(19)32-4-3-31-14;1-12-5-13(2)7-16(6-12)24-18-10-19(22-4)27-21(26-18)17(11-23-27)25-20(28)9-15-8-14(15)3/h7-11,24H,3-6H2,1-2H3,(H,26,30)(H,27,28);5-7,10-11,14-15,22H,8-9H2,1-4H3,(H,24,26)(H,25,28)/t10-,11-;14-,15-/m00/s1. The highest BCUT2D eigenvalue weighted by atomic mass is 19.2. The van der Waals surface area contributed by atoms with Crippen molar-refractivity contribution in [2.24, 2.45) is 23.7 Å². The summed E-state index contributed by atoms with van der Waals surface area (Å²) in [7, 11) is 3.53. The van der Waals surface area contributed by atoms with Gasteiger partial charge in [0.2, 0.25) is 11.8 Å². The molecule has 9 rings (SSSR count). The van der Waals surface area contributed by atoms with Gasteiger partial charge >= 0.3 is 0 Å². The lowest BCUT2D eigenvalue weighted by Crippen LogP contribution is -2.17. The van der Waals surface area contributed by atoms with Crippen molar-refractivity contribution in [3.63, 3.8) is 0 Å². The number of ether oxygens (including phenoxy) is 2. The second-order valence-corrected chi connectivity index (χ2v) is 15.8. The Bertz CT molecular complexity index is 2590. The fraction of sp³-hybridized carbons (Fsp3) is 0.381. The first-order valence-electron chi connectivity index (χ1n) is 20.0. The number of nitrogens with one attached hydrogen (secondary N) is 6. The molecular weight excluding hydrogens is 775 g/mol. The molecule has 0 bridgehead atoms. The third-order valence-electron chi connectivity index (χ3n) is 10.9. The van der Waals surface area contributed by atoms with E-state index in [1.54, 1.807) is 23.8 Å². The SMILES string of the molecule is CNc1cc(Nc2c(F)c(F)cc3c2OCCO3)nc2c(NC(=O)C[C@@H]3C[C@@H]3C)cnn12.CNc1cc(Nc2cc(C)cc(C)c2)nc2c(NC(=O)C[C@@H]3C[C@@H]3C)cnn12. The fourth-order valence-corrected chi connectivity index (χ4v) is 7.40. The first kappa shape index (κ1) is 40.1. The Morgan fingerprint density at radius 1 is 0.733 bits per heavy atom. The van der Waals surface area contributed by atoms with Crippen LogP contribution in [-0.4, -0.2) is 68.3 Å². The minimum absolute atomic E-state index is 0.0183. The van der Waals surface area contributed by atoms with Gasteiger partial charge in [-0.1, -0.05) is 19.9 Å². The van der Waals surface area contributed by atoms with Crippen LogP contribution in [0.25, 0.3) is 11.3 Å². The van der Waals surface area contributed by atoms with Crippen LogP contribution in [0.1, 0.15) is 50.7 Å². The van der Waals surface area contributed by atoms with Gasteiger partial charge in [-0.3, -0.25) is 9.59 Å². The summed E-state index contributed by atoms with van der Waals surface area (Å²) in [4.78, 5) is 33.9. The van der Waals surface area contributed by atoms with E-state index in [4.69, 9.17) is 14.5 Å². The number of aromatic nitrogens is 6. The molecule has 2 amide bonds. The molecule has 2 aliphatic carbocycles. The van der Waals surface area contributed by atoms with E-state index in [1.165, 1.54) is 21.8 Å². The highest BCUT2D eigenvalue weighted by Gasteiger charge is 2.35. The van der Waals surface area contributed by atoms with Crippen LogP contribution < -0.4 is 41.4 Å². The summed E-state index contributed by atoms with van der Waals surface area (Å²) in [6.45, 7) is 8.88. The Hall–Kier alpha value is -6.72. The third-order valence-corrected chi connectivity index (χ3v) is 10.9. The number of carbonyl (C=O) groups is 2. The molecule has 16 nitrogen and oxygen atoms in total. The summed E-state index contributed by atoms with van der Waals surface area (Å²) in [6.07, 6.45) is 6.33. The highest BCUT2D eigenvalue weighted by molar-refractivity contribution is 5.95. The fourth-order valence-electron chi connectivity index (χ4n) is 7.40. The summed E-state index contributed by atoms with van der Waals surface area (Å²) in [5.41, 5.74) is 5.13. The lowest BCUT2D eigenvalue weighted by molar-refractivity contribution is -0.117. The van der Waals surface area contributed by atoms with Crippen LogP contribution in [0.15, 0.2) is 48.8 Å². The van der Waals surface area contributed by atoms with Gasteiger partial charge in [-0.15, -0.1) is 0 Å². The first-order valence-corrected chi connectivity index (χ1v) is 20.0. The predicted octanol–water partition coefficient (Wildman–Crippen LogP) is 7.66. The van der Waals surface area contributed by atoms with Crippen LogP contribution in [0, 0.1) is 49.2 Å². The average molecular weight is 823 g/mol. The average Bonchev–Trinajstić information content (AvgIpc) is 3.98. The van der Waals surface area contributed by atoms with E-state index in [0.717, 1.165) is 30.4 Å². The minimum Gasteiger partial charge on any atom is -0.486 e. The van der Waals surface area contributed by atoms with Gasteiger partial charge in [-0.25, -0.2) is 18.7 Å². The molecule has 60 heavy (non-hydrogen) atoms. The van der Waals surface area contributed by atoms with Gasteiger partial charge in [0.1, 0.15) is 53.5 Å². The van der Waals surface area contributed by atoms with Crippen LogP contribution in [0.4, 0.5) is 54.8 Å². The Morgan fingerprint density at radius 2 is 1.23 bits per heavy atom. The topological polar surface area (TPSA) is 185 Å². The maximum absolute atomic E-state index is 14.6. The van der Waals surface area contributed by atoms with Crippen LogP contribution in [0.3, 0.4) is 0 Å². The van der Waals surface area contributed by atoms with E-state index < -0.39 is 11.6 Å². The highest BCUT2D eigenvalue weighted by Crippen LogP contribution is 2.43. The van der Waals surface area contributed by atoms with E-state index in [0.29, 0.717) is 70.8 Å². The number of nitrogens with zero attached hydrogens (tertiary/aromatic N) is 6. The molecule has 5 heterocycles. The van der Waals surface area contributed by atoms with E-state index in [1.807, 2.05) is 13.1 Å². The second-order valence-electron chi connectivity index (χ2n) is 15.8. The largest absolute Gasteiger partial charge is 0.486 e. The lowest BCUT2D eigenvalue weighted by Gasteiger charge is -2.22. The van der Waals surface area contributed by atoms with Gasteiger partial charge in [0.15, 0.2) is 34.4 Å². The van der Waals surface area contributed by atoms with Crippen LogP contribution in [0.5, 0.6) is 11.5 Å². The van der Waals surface area contributed by atoms with Gasteiger partial charge in [0, 0.05) is 50.8 Å². The summed E-state index contributed by atoms with van der Waals surface area (Å²) in [6, 6.07) is 10.7. The number of aryl methyl sites for hydroxylation is 2. The normalized spacial score (nSPS) is 18.6. The molecule has 2 saturated carbocycles. The predicted molar refractivity (Wildman–Crippen MR) is 226 cm³/mol. The van der Waals surface area contributed by atoms with Gasteiger partial charge < -0.3 is 41.4 Å². The lowest BCUT2D eigenvalue weighted by atomic mass is 10.1. The van der Waals surface area contributed by atoms with E-state index in [2.05, 4.69) is 93.0 Å². The molecule has 2 fully saturated rings. The molecule has 3 aliphatic rings. The van der Waals surface area contributed by atoms with Crippen LogP contribution in [-0.2, 0) is 9.59 Å². The number of carbonyl (C=O) groups excluding carboxylic acids is 2. The van der Waals surface area contributed by atoms with Gasteiger partial charge in [0.25, 0.3) is 0 Å². The summed E-state index contributed by atoms with van der Waals surface area (Å²) in [5, 5.41) is 26.8. The van der Waals surface area contributed by atoms with Crippen LogP contribution in [0.2, 0.25) is 0 Å². The number of amides is 2. The number of halogens is 2. The Balaban J connectivity index is 0.000000168. The monoisotopic (exact) mass is 822 g/mol. The number of hydrogen-bond acceptors (Lipinski definition) is 12. The molecule has 1 aliphatic heterocycles. The Labute approximate surface area is 344 Å². The number of anilines is 8. The zero-order chi connectivity index (χ0) is 42.2. The van der Waals surface area contributed by atoms with Crippen molar-refractivity contribution in [1.82, 2.24) is 29.2 Å². The maximum atomic E-state index is 14.6. The molecule has 0 spiro atoms. The first-order chi connectivity index (χ1) is 28.9. The summed E-state index contributed by atoms with van der Waals surface area (Å²) in [5.74, 6) is 2.23. The van der Waals surface area contributed by atoms with E-state index >= 15 is 0 Å². The van der Waals surface area contributed by atoms with Crippen molar-refractivity contribution < 1.29 is 27.8 Å². The number of fused-ring (bicyclic) bond motifs is 3. The molecule has 0 radical (unpaired) electrons. The second kappa shape index (κ2) is 16.5. The molecule has 18 heteroatoms. The van der Waals surface area contributed by atoms with Gasteiger partial charge in [-0.2, -0.15) is 19.2 Å². The minimum atomic E-state index is -1.11. The van der Waals surface area contributed by atoms with E-state index in [9.17, 15) is 18.4 Å². The molecule has 2 aromatic carbocycles. The number of hydrogen-bond donors (Lipinski definition) is 6. The number of benzene rings is 2. The van der Waals surface area contributed by atoms with Crippen molar-refractivity contribution in [3.8, 4) is 11.5 Å². The number of rotatable bonds is 12. The summed E-state index contributed by atoms with van der Waals surface area (Å²) < 4.78 is 42.8. The Kier molecular flexibility index (Phi) is 11.0. The maximum Gasteiger partial charge on any atom is 0.224 e. The van der Waals surface area contributed by atoms with Crippen molar-refractivity contribution in [2.45, 2.75) is 53.4 Å². The van der Waals surface area contributed by atoms with Crippen molar-refractivity contribution in [2.75, 3.05) is 59.2 Å². The third kappa shape index (κ3) is 8.67. The molecule has 6 aromatic rings. The summed E-state index contributed by atoms with van der Waals surface area (Å²) >= 11 is 0. The smallest absolute Gasteiger partial charge is 0.224 e. The van der Waals surface area contributed by atoms with Gasteiger partial charge in [-0.05, 0) is 73.6 Å². The molecular formula is C42H48F2N12O4. The van der Waals surface area contributed by atoms with Crippen LogP contribution >= 0.6 is 0 Å². The molecule has 6 N–H and O–H groups in total. The van der Waals surface area contributed by atoms with Gasteiger partial charge in [0.05, 0.1) is 12.4 Å². The van der Waals surface area contributed by atoms with Crippen molar-refractivity contribution in [3.05, 3.63) is 71.6 Å². The molecule has 4 aromatic heterocycles. The zero-order valence-corrected chi connectivity index (χ0v) is 34.2. The van der Waals surface area contributed by atoms with Crippen molar-refractivity contribution in [1.29, 1.82) is 0 Å². The van der Waals surface area contributed by atoms with E-state index in [-0.39, 0.29) is 48.0 Å². The molecule has 4 atom stereocenters. The quantitative estimate of drug-likeness (QED) is 0.0709. The Morgan fingerprint density at radius 3 is 1.73 bits per heavy atom.